The van der Waals surface area contributed by atoms with E-state index in [1.165, 1.54) is 28.5 Å². The number of rotatable bonds is 27. The van der Waals surface area contributed by atoms with Crippen LogP contribution in [0.1, 0.15) is 0 Å². The first kappa shape index (κ1) is 61.9. The predicted octanol–water partition coefficient (Wildman–Crippen LogP) is 10.6. The molecule has 8 unspecified atom stereocenters. The van der Waals surface area contributed by atoms with Crippen LogP contribution in [0.5, 0.6) is 0 Å². The number of hydrogen-bond donors (Lipinski definition) is 0. The van der Waals surface area contributed by atoms with Crippen LogP contribution < -0.4 is 0 Å². The summed E-state index contributed by atoms with van der Waals surface area (Å²) in [5, 5.41) is 0. The van der Waals surface area contributed by atoms with E-state index in [0.717, 1.165) is 0 Å². The average Bonchev–Trinajstić information content (AvgIpc) is 3.22. The first-order valence-electron chi connectivity index (χ1n) is 20.9. The SMILES string of the molecule is C=C[Si](C)(C)O[Si](C)(C=C)O[Si]1(C=C)O[Si](C=C)(O[Si](C)(C)C=C)O[Si](C)(C=C)O[Si](C=C)(O[Si](C)(C)C=C)O[Si](C=C)(O[Si](C)(C)C=C)O[Si](C=C)(O[Si](C)(C=C)O[Si](C)(C)C=C)O1. The van der Waals surface area contributed by atoms with E-state index in [1.807, 2.05) is 78.6 Å². The highest BCUT2D eigenvalue weighted by molar-refractivity contribution is 7.02. The minimum Gasteiger partial charge on any atom is -0.430 e. The topological polar surface area (TPSA) is 120 Å². The van der Waals surface area contributed by atoms with E-state index in [1.54, 1.807) is 52.1 Å². The highest BCUT2D eigenvalue weighted by Crippen LogP contribution is 2.40. The van der Waals surface area contributed by atoms with Crippen molar-refractivity contribution in [3.63, 3.8) is 0 Å². The molecule has 1 aliphatic rings. The van der Waals surface area contributed by atoms with Crippen LogP contribution in [0.3, 0.4) is 0 Å². The first-order valence-corrected chi connectivity index (χ1v) is 52.0. The van der Waals surface area contributed by atoms with Crippen molar-refractivity contribution >= 4 is 111 Å². The van der Waals surface area contributed by atoms with Gasteiger partial charge in [0.2, 0.25) is 25.0 Å². The van der Waals surface area contributed by atoms with Gasteiger partial charge in [0.15, 0.2) is 16.6 Å². The molecule has 0 N–H and O–H groups in total. The van der Waals surface area contributed by atoms with E-state index < -0.39 is 111 Å². The lowest BCUT2D eigenvalue weighted by atomic mass is 11.3. The summed E-state index contributed by atoms with van der Waals surface area (Å²) in [5.41, 5.74) is 20.9. The molecular weight excluding hydrogens is 1040 g/mol. The zero-order valence-electron chi connectivity index (χ0n) is 41.5. The van der Waals surface area contributed by atoms with Crippen molar-refractivity contribution in [1.29, 1.82) is 0 Å². The smallest absolute Gasteiger partial charge is 0.430 e. The van der Waals surface area contributed by atoms with Crippen molar-refractivity contribution < 1.29 is 53.5 Å². The van der Waals surface area contributed by atoms with Crippen molar-refractivity contribution in [2.75, 3.05) is 0 Å². The van der Waals surface area contributed by atoms with Crippen molar-refractivity contribution in [3.05, 3.63) is 160 Å². The maximum Gasteiger partial charge on any atom is 0.505 e. The minimum atomic E-state index is -4.80. The fraction of sp³-hybridized carbons (Fsp3) is 0.333. The molecule has 1 fully saturated rings. The summed E-state index contributed by atoms with van der Waals surface area (Å²) >= 11 is 0. The van der Waals surface area contributed by atoms with Crippen molar-refractivity contribution in [2.45, 2.75) is 85.1 Å². The lowest BCUT2D eigenvalue weighted by Crippen LogP contribution is -2.75. The van der Waals surface area contributed by atoms with Gasteiger partial charge >= 0.3 is 69.7 Å². The molecule has 13 nitrogen and oxygen atoms in total. The average molecular weight is 1120 g/mol. The third-order valence-corrected chi connectivity index (χ3v) is 56.4. The molecule has 0 aromatic carbocycles. The molecule has 0 bridgehead atoms. The normalized spacial score (nSPS) is 30.5. The standard InChI is InChI=1S/C39H78O13Si13/c1-27-53(14,15)40-58(24,32-6)45-64(38-12)50-62(36-10,43-56(20,21)30-4)48-60(26,34-8)47-61(35-9,42-55(18,19)29-3)49-63(37-11,44-57(22,23)31-5)51-65(39-13,52-64)46-59(25,33-7)41-54(16,17)28-2/h27-39H,1-13H2,14-26H3. The zero-order chi connectivity index (χ0) is 50.9. The fourth-order valence-electron chi connectivity index (χ4n) is 5.53. The molecule has 1 saturated heterocycles. The highest BCUT2D eigenvalue weighted by atomic mass is 28.6. The van der Waals surface area contributed by atoms with Gasteiger partial charge in [0.1, 0.15) is 0 Å². The van der Waals surface area contributed by atoms with Crippen LogP contribution >= 0.6 is 0 Å². The van der Waals surface area contributed by atoms with Crippen LogP contribution in [0, 0.1) is 0 Å². The van der Waals surface area contributed by atoms with Crippen LogP contribution in [-0.4, -0.2) is 111 Å². The van der Waals surface area contributed by atoms with Crippen molar-refractivity contribution in [3.8, 4) is 0 Å². The molecule has 0 aromatic rings. The third kappa shape index (κ3) is 17.4. The molecular formula is C39H78O13Si13. The van der Waals surface area contributed by atoms with Crippen LogP contribution in [0.2, 0.25) is 85.1 Å². The quantitative estimate of drug-likeness (QED) is 0.0727. The summed E-state index contributed by atoms with van der Waals surface area (Å²) in [4.78, 5) is 0. The van der Waals surface area contributed by atoms with Crippen LogP contribution in [0.25, 0.3) is 0 Å². The molecule has 1 aliphatic heterocycles. The van der Waals surface area contributed by atoms with E-state index in [2.05, 4.69) is 85.5 Å². The Morgan fingerprint density at radius 2 is 0.508 bits per heavy atom. The Kier molecular flexibility index (Phi) is 21.7. The summed E-state index contributed by atoms with van der Waals surface area (Å²) < 4.78 is 93.7. The Hall–Kier alpha value is -1.08. The second kappa shape index (κ2) is 22.8. The van der Waals surface area contributed by atoms with Gasteiger partial charge in [-0.05, 0) is 114 Å². The summed E-state index contributed by atoms with van der Waals surface area (Å²) in [6.45, 7) is 79.2. The second-order valence-corrected chi connectivity index (χ2v) is 62.2. The molecule has 1 heterocycles. The molecule has 0 spiro atoms. The van der Waals surface area contributed by atoms with Gasteiger partial charge in [0.25, 0.3) is 0 Å². The van der Waals surface area contributed by atoms with E-state index in [-0.39, 0.29) is 0 Å². The van der Waals surface area contributed by atoms with Crippen molar-refractivity contribution in [2.24, 2.45) is 0 Å². The molecule has 364 valence electrons. The van der Waals surface area contributed by atoms with Gasteiger partial charge in [-0.25, -0.2) is 0 Å². The predicted molar refractivity (Wildman–Crippen MR) is 298 cm³/mol. The van der Waals surface area contributed by atoms with Gasteiger partial charge in [-0.15, -0.1) is 85.5 Å². The Morgan fingerprint density at radius 3 is 0.692 bits per heavy atom. The molecule has 0 saturated carbocycles. The zero-order valence-corrected chi connectivity index (χ0v) is 54.5. The van der Waals surface area contributed by atoms with E-state index in [4.69, 9.17) is 53.5 Å². The highest BCUT2D eigenvalue weighted by Gasteiger charge is 2.68. The van der Waals surface area contributed by atoms with Gasteiger partial charge in [-0.2, -0.15) is 0 Å². The Balaban J connectivity index is 5.11. The molecule has 0 aliphatic carbocycles. The largest absolute Gasteiger partial charge is 0.505 e. The molecule has 0 amide bonds. The summed E-state index contributed by atoms with van der Waals surface area (Å²) in [6.07, 6.45) is 0. The van der Waals surface area contributed by atoms with Crippen molar-refractivity contribution in [1.82, 2.24) is 0 Å². The lowest BCUT2D eigenvalue weighted by molar-refractivity contribution is 0.112. The van der Waals surface area contributed by atoms with Gasteiger partial charge in [0.05, 0.1) is 0 Å². The fourth-order valence-corrected chi connectivity index (χ4v) is 56.5. The Morgan fingerprint density at radius 1 is 0.292 bits per heavy atom. The van der Waals surface area contributed by atoms with Gasteiger partial charge in [-0.1, -0.05) is 45.6 Å². The molecule has 26 heteroatoms. The summed E-state index contributed by atoms with van der Waals surface area (Å²) in [5.74, 6) is 0. The molecule has 0 aromatic heterocycles. The maximum atomic E-state index is 7.49. The van der Waals surface area contributed by atoms with E-state index in [9.17, 15) is 0 Å². The van der Waals surface area contributed by atoms with Gasteiger partial charge in [-0.3, -0.25) is 0 Å². The summed E-state index contributed by atoms with van der Waals surface area (Å²) in [7, 11) is -48.2. The monoisotopic (exact) mass is 1120 g/mol. The first-order chi connectivity index (χ1) is 29.5. The lowest BCUT2D eigenvalue weighted by Gasteiger charge is -2.51. The number of hydrogen-bond acceptors (Lipinski definition) is 13. The summed E-state index contributed by atoms with van der Waals surface area (Å²) in [6, 6.07) is 0. The van der Waals surface area contributed by atoms with E-state index >= 15 is 0 Å². The second-order valence-electron chi connectivity index (χ2n) is 18.1. The molecule has 8 atom stereocenters. The van der Waals surface area contributed by atoms with Gasteiger partial charge < -0.3 is 53.5 Å². The van der Waals surface area contributed by atoms with Crippen LogP contribution in [-0.2, 0) is 53.5 Å². The Bertz CT molecular complexity index is 1870. The minimum absolute atomic E-state index is 1.43. The van der Waals surface area contributed by atoms with Gasteiger partial charge in [0, 0.05) is 0 Å². The van der Waals surface area contributed by atoms with Crippen LogP contribution in [0.15, 0.2) is 160 Å². The third-order valence-electron chi connectivity index (χ3n) is 9.49. The van der Waals surface area contributed by atoms with E-state index in [0.29, 0.717) is 0 Å². The molecule has 0 radical (unpaired) electrons. The molecule has 65 heavy (non-hydrogen) atoms. The van der Waals surface area contributed by atoms with Crippen LogP contribution in [0.4, 0.5) is 0 Å². The Labute approximate surface area is 406 Å². The molecule has 1 rings (SSSR count). The maximum absolute atomic E-state index is 7.49.